The molecular formula is C12H24N4O3. The molecule has 0 saturated carbocycles. The molecule has 0 rings (SSSR count). The van der Waals surface area contributed by atoms with Gasteiger partial charge in [-0.2, -0.15) is 0 Å². The topological polar surface area (TPSA) is 120 Å². The highest BCUT2D eigenvalue weighted by Gasteiger charge is 2.27. The molecule has 0 aliphatic carbocycles. The zero-order valence-electron chi connectivity index (χ0n) is 12.0. The van der Waals surface area contributed by atoms with E-state index in [1.165, 1.54) is 7.11 Å². The van der Waals surface area contributed by atoms with Gasteiger partial charge in [-0.25, -0.2) is 4.79 Å². The molecule has 0 bridgehead atoms. The van der Waals surface area contributed by atoms with E-state index < -0.39 is 17.4 Å². The zero-order valence-corrected chi connectivity index (χ0v) is 12.0. The van der Waals surface area contributed by atoms with E-state index >= 15 is 0 Å². The van der Waals surface area contributed by atoms with Crippen LogP contribution in [0.25, 0.3) is 0 Å². The summed E-state index contributed by atoms with van der Waals surface area (Å²) in [5.74, 6) is -0.666. The first kappa shape index (κ1) is 17.2. The first-order valence-electron chi connectivity index (χ1n) is 6.12. The van der Waals surface area contributed by atoms with E-state index in [4.69, 9.17) is 11.5 Å². The van der Waals surface area contributed by atoms with Gasteiger partial charge in [-0.1, -0.05) is 20.8 Å². The Hall–Kier alpha value is -1.79. The number of carbonyl (C=O) groups is 2. The SMILES string of the molecule is COC(=O)[C@H](CCCN=C(N)N)NC(=O)C(C)(C)C. The van der Waals surface area contributed by atoms with E-state index in [1.807, 2.05) is 0 Å². The summed E-state index contributed by atoms with van der Waals surface area (Å²) in [7, 11) is 1.29. The lowest BCUT2D eigenvalue weighted by atomic mass is 9.95. The van der Waals surface area contributed by atoms with Crippen molar-refractivity contribution in [3.8, 4) is 0 Å². The number of rotatable bonds is 6. The summed E-state index contributed by atoms with van der Waals surface area (Å²) < 4.78 is 4.67. The monoisotopic (exact) mass is 272 g/mol. The van der Waals surface area contributed by atoms with E-state index in [0.717, 1.165) is 0 Å². The molecule has 0 unspecified atom stereocenters. The number of ether oxygens (including phenoxy) is 1. The normalized spacial score (nSPS) is 12.4. The fourth-order valence-corrected chi connectivity index (χ4v) is 1.27. The zero-order chi connectivity index (χ0) is 15.1. The lowest BCUT2D eigenvalue weighted by molar-refractivity contribution is -0.146. The van der Waals surface area contributed by atoms with Crippen LogP contribution in [-0.2, 0) is 14.3 Å². The van der Waals surface area contributed by atoms with Gasteiger partial charge in [0.05, 0.1) is 7.11 Å². The lowest BCUT2D eigenvalue weighted by Gasteiger charge is -2.22. The van der Waals surface area contributed by atoms with Gasteiger partial charge < -0.3 is 21.5 Å². The van der Waals surface area contributed by atoms with Crippen molar-refractivity contribution in [3.63, 3.8) is 0 Å². The van der Waals surface area contributed by atoms with Crippen molar-refractivity contribution in [3.05, 3.63) is 0 Å². The highest BCUT2D eigenvalue weighted by molar-refractivity contribution is 5.87. The third-order valence-corrected chi connectivity index (χ3v) is 2.42. The molecule has 5 N–H and O–H groups in total. The summed E-state index contributed by atoms with van der Waals surface area (Å²) in [5, 5.41) is 2.67. The Morgan fingerprint density at radius 1 is 1.32 bits per heavy atom. The molecule has 0 aromatic rings. The number of nitrogens with two attached hydrogens (primary N) is 2. The highest BCUT2D eigenvalue weighted by Crippen LogP contribution is 2.14. The second-order valence-corrected chi connectivity index (χ2v) is 5.25. The molecule has 0 radical (unpaired) electrons. The number of nitrogens with one attached hydrogen (secondary N) is 1. The molecule has 0 aliphatic heterocycles. The third-order valence-electron chi connectivity index (χ3n) is 2.42. The average molecular weight is 272 g/mol. The minimum atomic E-state index is -0.675. The van der Waals surface area contributed by atoms with Crippen LogP contribution in [0.5, 0.6) is 0 Å². The van der Waals surface area contributed by atoms with Crippen molar-refractivity contribution < 1.29 is 14.3 Å². The second-order valence-electron chi connectivity index (χ2n) is 5.25. The molecular weight excluding hydrogens is 248 g/mol. The Morgan fingerprint density at radius 3 is 2.32 bits per heavy atom. The van der Waals surface area contributed by atoms with Crippen LogP contribution in [0.15, 0.2) is 4.99 Å². The van der Waals surface area contributed by atoms with E-state index in [0.29, 0.717) is 19.4 Å². The molecule has 1 atom stereocenters. The number of esters is 1. The van der Waals surface area contributed by atoms with Gasteiger partial charge in [0.15, 0.2) is 5.96 Å². The Morgan fingerprint density at radius 2 is 1.89 bits per heavy atom. The molecule has 19 heavy (non-hydrogen) atoms. The molecule has 7 heteroatoms. The minimum Gasteiger partial charge on any atom is -0.467 e. The quantitative estimate of drug-likeness (QED) is 0.266. The smallest absolute Gasteiger partial charge is 0.328 e. The van der Waals surface area contributed by atoms with Crippen LogP contribution in [0.2, 0.25) is 0 Å². The predicted molar refractivity (Wildman–Crippen MR) is 73.3 cm³/mol. The second kappa shape index (κ2) is 7.60. The Kier molecular flexibility index (Phi) is 6.89. The van der Waals surface area contributed by atoms with Crippen LogP contribution in [0.4, 0.5) is 0 Å². The van der Waals surface area contributed by atoms with Crippen molar-refractivity contribution in [2.24, 2.45) is 21.9 Å². The molecule has 0 aromatic heterocycles. The number of methoxy groups -OCH3 is 1. The molecule has 0 fully saturated rings. The van der Waals surface area contributed by atoms with Crippen molar-refractivity contribution in [2.75, 3.05) is 13.7 Å². The maximum absolute atomic E-state index is 11.8. The fourth-order valence-electron chi connectivity index (χ4n) is 1.27. The molecule has 110 valence electrons. The molecule has 0 spiro atoms. The fraction of sp³-hybridized carbons (Fsp3) is 0.750. The molecule has 0 heterocycles. The summed E-state index contributed by atoms with van der Waals surface area (Å²) in [6.45, 7) is 5.73. The molecule has 0 aromatic carbocycles. The third kappa shape index (κ3) is 7.28. The minimum absolute atomic E-state index is 0.00773. The number of nitrogens with zero attached hydrogens (tertiary/aromatic N) is 1. The molecule has 7 nitrogen and oxygen atoms in total. The van der Waals surface area contributed by atoms with Gasteiger partial charge in [0, 0.05) is 12.0 Å². The number of guanidine groups is 1. The molecule has 0 aliphatic rings. The number of hydrogen-bond acceptors (Lipinski definition) is 4. The maximum Gasteiger partial charge on any atom is 0.328 e. The maximum atomic E-state index is 11.8. The number of carbonyl (C=O) groups excluding carboxylic acids is 2. The van der Waals surface area contributed by atoms with Crippen molar-refractivity contribution in [1.29, 1.82) is 0 Å². The van der Waals surface area contributed by atoms with Gasteiger partial charge in [0.2, 0.25) is 5.91 Å². The van der Waals surface area contributed by atoms with Crippen LogP contribution >= 0.6 is 0 Å². The van der Waals surface area contributed by atoms with E-state index in [1.54, 1.807) is 20.8 Å². The van der Waals surface area contributed by atoms with Crippen LogP contribution in [0.3, 0.4) is 0 Å². The van der Waals surface area contributed by atoms with Gasteiger partial charge >= 0.3 is 5.97 Å². The number of aliphatic imine (C=N–C) groups is 1. The van der Waals surface area contributed by atoms with Gasteiger partial charge in [0.25, 0.3) is 0 Å². The molecule has 1 amide bonds. The highest BCUT2D eigenvalue weighted by atomic mass is 16.5. The standard InChI is InChI=1S/C12H24N4O3/c1-12(2,3)10(18)16-8(9(17)19-4)6-5-7-15-11(13)14/h8H,5-7H2,1-4H3,(H,16,18)(H4,13,14,15)/t8-/m0/s1. The summed E-state index contributed by atoms with van der Waals surface area (Å²) in [4.78, 5) is 27.2. The largest absolute Gasteiger partial charge is 0.467 e. The van der Waals surface area contributed by atoms with Crippen molar-refractivity contribution in [1.82, 2.24) is 5.32 Å². The Bertz CT molecular complexity index is 343. The van der Waals surface area contributed by atoms with Crippen molar-refractivity contribution >= 4 is 17.8 Å². The summed E-state index contributed by atoms with van der Waals surface area (Å²) in [6.07, 6.45) is 0.993. The van der Waals surface area contributed by atoms with Crippen LogP contribution in [0, 0.1) is 5.41 Å². The number of hydrogen-bond donors (Lipinski definition) is 3. The van der Waals surface area contributed by atoms with Crippen molar-refractivity contribution in [2.45, 2.75) is 39.7 Å². The van der Waals surface area contributed by atoms with Gasteiger partial charge in [-0.05, 0) is 12.8 Å². The first-order valence-corrected chi connectivity index (χ1v) is 6.12. The summed E-state index contributed by atoms with van der Waals surface area (Å²) >= 11 is 0. The predicted octanol–water partition coefficient (Wildman–Crippen LogP) is -0.256. The van der Waals surface area contributed by atoms with Gasteiger partial charge in [-0.15, -0.1) is 0 Å². The van der Waals surface area contributed by atoms with Crippen LogP contribution in [-0.4, -0.2) is 37.5 Å². The Balaban J connectivity index is 4.45. The summed E-state index contributed by atoms with van der Waals surface area (Å²) in [5.41, 5.74) is 9.84. The van der Waals surface area contributed by atoms with E-state index in [9.17, 15) is 9.59 Å². The van der Waals surface area contributed by atoms with Gasteiger partial charge in [-0.3, -0.25) is 9.79 Å². The van der Waals surface area contributed by atoms with Crippen LogP contribution < -0.4 is 16.8 Å². The van der Waals surface area contributed by atoms with E-state index in [2.05, 4.69) is 15.0 Å². The van der Waals surface area contributed by atoms with Gasteiger partial charge in [0.1, 0.15) is 6.04 Å². The Labute approximate surface area is 113 Å². The van der Waals surface area contributed by atoms with Crippen LogP contribution in [0.1, 0.15) is 33.6 Å². The number of amides is 1. The summed E-state index contributed by atoms with van der Waals surface area (Å²) in [6, 6.07) is -0.675. The molecule has 0 saturated heterocycles. The first-order chi connectivity index (χ1) is 8.68. The van der Waals surface area contributed by atoms with E-state index in [-0.39, 0.29) is 11.9 Å². The lowest BCUT2D eigenvalue weighted by Crippen LogP contribution is -2.46. The average Bonchev–Trinajstić information content (AvgIpc) is 2.30.